The van der Waals surface area contributed by atoms with Crippen LogP contribution >= 0.6 is 11.3 Å². The third kappa shape index (κ3) is 2.86. The molecule has 0 amide bonds. The topological polar surface area (TPSA) is 12.0 Å². The zero-order valence-electron chi connectivity index (χ0n) is 10.5. The molecular formula is C14H23NS. The highest BCUT2D eigenvalue weighted by Gasteiger charge is 2.26. The van der Waals surface area contributed by atoms with Crippen molar-refractivity contribution in [2.75, 3.05) is 13.1 Å². The SMILES string of the molecule is CCNCC1CCCCC1c1csc(C)c1. The highest BCUT2D eigenvalue weighted by Crippen LogP contribution is 2.38. The van der Waals surface area contributed by atoms with E-state index in [4.69, 9.17) is 0 Å². The smallest absolute Gasteiger partial charge is 0.00171 e. The first kappa shape index (κ1) is 12.1. The van der Waals surface area contributed by atoms with Crippen molar-refractivity contribution >= 4 is 11.3 Å². The van der Waals surface area contributed by atoms with Crippen molar-refractivity contribution in [2.24, 2.45) is 5.92 Å². The largest absolute Gasteiger partial charge is 0.317 e. The Kier molecular flexibility index (Phi) is 4.42. The van der Waals surface area contributed by atoms with Crippen LogP contribution in [0.5, 0.6) is 0 Å². The first-order valence-electron chi connectivity index (χ1n) is 6.57. The van der Waals surface area contributed by atoms with E-state index in [9.17, 15) is 0 Å². The molecule has 2 unspecified atom stereocenters. The molecule has 0 aromatic carbocycles. The minimum absolute atomic E-state index is 0.817. The van der Waals surface area contributed by atoms with Crippen LogP contribution in [0.3, 0.4) is 0 Å². The molecule has 2 atom stereocenters. The van der Waals surface area contributed by atoms with Crippen molar-refractivity contribution in [1.82, 2.24) is 5.32 Å². The van der Waals surface area contributed by atoms with Crippen LogP contribution in [0.1, 0.15) is 49.0 Å². The Labute approximate surface area is 103 Å². The number of nitrogens with one attached hydrogen (secondary N) is 1. The molecule has 90 valence electrons. The Balaban J connectivity index is 2.04. The summed E-state index contributed by atoms with van der Waals surface area (Å²) in [6.07, 6.45) is 5.65. The van der Waals surface area contributed by atoms with Crippen LogP contribution in [0.15, 0.2) is 11.4 Å². The van der Waals surface area contributed by atoms with Crippen LogP contribution in [0.4, 0.5) is 0 Å². The minimum Gasteiger partial charge on any atom is -0.317 e. The number of aryl methyl sites for hydroxylation is 1. The Bertz CT molecular complexity index is 318. The maximum Gasteiger partial charge on any atom is 0.00171 e. The molecule has 0 bridgehead atoms. The van der Waals surface area contributed by atoms with Gasteiger partial charge in [-0.1, -0.05) is 19.8 Å². The number of hydrogen-bond acceptors (Lipinski definition) is 2. The predicted octanol–water partition coefficient (Wildman–Crippen LogP) is 3.94. The van der Waals surface area contributed by atoms with Gasteiger partial charge in [-0.3, -0.25) is 0 Å². The van der Waals surface area contributed by atoms with E-state index in [1.165, 1.54) is 37.1 Å². The van der Waals surface area contributed by atoms with Crippen LogP contribution in [0.25, 0.3) is 0 Å². The molecule has 2 rings (SSSR count). The summed E-state index contributed by atoms with van der Waals surface area (Å²) in [5.41, 5.74) is 1.60. The van der Waals surface area contributed by atoms with Crippen LogP contribution in [0.2, 0.25) is 0 Å². The van der Waals surface area contributed by atoms with Gasteiger partial charge < -0.3 is 5.32 Å². The van der Waals surface area contributed by atoms with Gasteiger partial charge in [-0.25, -0.2) is 0 Å². The second-order valence-corrected chi connectivity index (χ2v) is 6.06. The van der Waals surface area contributed by atoms with E-state index in [2.05, 4.69) is 30.6 Å². The fourth-order valence-electron chi connectivity index (χ4n) is 2.88. The molecule has 1 aliphatic rings. The van der Waals surface area contributed by atoms with E-state index >= 15 is 0 Å². The normalized spacial score (nSPS) is 25.9. The lowest BCUT2D eigenvalue weighted by Gasteiger charge is -2.31. The second kappa shape index (κ2) is 5.83. The van der Waals surface area contributed by atoms with E-state index < -0.39 is 0 Å². The summed E-state index contributed by atoms with van der Waals surface area (Å²) in [4.78, 5) is 1.46. The quantitative estimate of drug-likeness (QED) is 0.836. The minimum atomic E-state index is 0.817. The number of rotatable bonds is 4. The molecule has 1 aromatic rings. The average Bonchev–Trinajstić information content (AvgIpc) is 2.73. The lowest BCUT2D eigenvalue weighted by Crippen LogP contribution is -2.29. The monoisotopic (exact) mass is 237 g/mol. The molecule has 0 saturated heterocycles. The maximum atomic E-state index is 3.53. The molecule has 1 heterocycles. The average molecular weight is 237 g/mol. The van der Waals surface area contributed by atoms with E-state index in [0.717, 1.165) is 18.4 Å². The number of thiophene rings is 1. The van der Waals surface area contributed by atoms with Gasteiger partial charge in [0.2, 0.25) is 0 Å². The molecular weight excluding hydrogens is 214 g/mol. The van der Waals surface area contributed by atoms with Gasteiger partial charge in [-0.15, -0.1) is 11.3 Å². The molecule has 2 heteroatoms. The van der Waals surface area contributed by atoms with Crippen molar-refractivity contribution in [1.29, 1.82) is 0 Å². The number of hydrogen-bond donors (Lipinski definition) is 1. The molecule has 1 fully saturated rings. The summed E-state index contributed by atoms with van der Waals surface area (Å²) in [5.74, 6) is 1.68. The molecule has 1 aromatic heterocycles. The molecule has 1 N–H and O–H groups in total. The van der Waals surface area contributed by atoms with Gasteiger partial charge >= 0.3 is 0 Å². The summed E-state index contributed by atoms with van der Waals surface area (Å²) in [6.45, 7) is 6.73. The third-order valence-electron chi connectivity index (χ3n) is 3.74. The molecule has 1 aliphatic carbocycles. The molecule has 0 aliphatic heterocycles. The Hall–Kier alpha value is -0.340. The molecule has 16 heavy (non-hydrogen) atoms. The van der Waals surface area contributed by atoms with Crippen LogP contribution in [-0.4, -0.2) is 13.1 Å². The van der Waals surface area contributed by atoms with Gasteiger partial charge in [-0.2, -0.15) is 0 Å². The van der Waals surface area contributed by atoms with Crippen LogP contribution < -0.4 is 5.32 Å². The van der Waals surface area contributed by atoms with E-state index in [1.54, 1.807) is 5.56 Å². The van der Waals surface area contributed by atoms with Crippen LogP contribution in [-0.2, 0) is 0 Å². The van der Waals surface area contributed by atoms with E-state index in [0.29, 0.717) is 0 Å². The predicted molar refractivity (Wildman–Crippen MR) is 72.3 cm³/mol. The molecule has 0 radical (unpaired) electrons. The summed E-state index contributed by atoms with van der Waals surface area (Å²) < 4.78 is 0. The van der Waals surface area contributed by atoms with Gasteiger partial charge in [0.1, 0.15) is 0 Å². The van der Waals surface area contributed by atoms with Crippen molar-refractivity contribution in [3.63, 3.8) is 0 Å². The fourth-order valence-corrected chi connectivity index (χ4v) is 3.65. The van der Waals surface area contributed by atoms with Crippen molar-refractivity contribution in [2.45, 2.75) is 45.4 Å². The van der Waals surface area contributed by atoms with Crippen molar-refractivity contribution in [3.05, 3.63) is 21.9 Å². The van der Waals surface area contributed by atoms with Gasteiger partial charge in [-0.05, 0) is 61.7 Å². The highest BCUT2D eigenvalue weighted by atomic mass is 32.1. The lowest BCUT2D eigenvalue weighted by molar-refractivity contribution is 0.298. The maximum absolute atomic E-state index is 3.53. The first-order chi connectivity index (χ1) is 7.81. The molecule has 0 spiro atoms. The van der Waals surface area contributed by atoms with Gasteiger partial charge in [0.15, 0.2) is 0 Å². The Morgan fingerprint density at radius 2 is 2.19 bits per heavy atom. The van der Waals surface area contributed by atoms with Crippen LogP contribution in [0, 0.1) is 12.8 Å². The third-order valence-corrected chi connectivity index (χ3v) is 4.62. The Morgan fingerprint density at radius 3 is 2.88 bits per heavy atom. The van der Waals surface area contributed by atoms with Gasteiger partial charge in [0, 0.05) is 4.88 Å². The summed E-state index contributed by atoms with van der Waals surface area (Å²) in [5, 5.41) is 5.91. The highest BCUT2D eigenvalue weighted by molar-refractivity contribution is 7.10. The summed E-state index contributed by atoms with van der Waals surface area (Å²) in [6, 6.07) is 2.40. The molecule has 1 nitrogen and oxygen atoms in total. The second-order valence-electron chi connectivity index (χ2n) is 4.95. The first-order valence-corrected chi connectivity index (χ1v) is 7.45. The van der Waals surface area contributed by atoms with Gasteiger partial charge in [0.05, 0.1) is 0 Å². The zero-order valence-corrected chi connectivity index (χ0v) is 11.3. The van der Waals surface area contributed by atoms with Crippen molar-refractivity contribution in [3.8, 4) is 0 Å². The summed E-state index contributed by atoms with van der Waals surface area (Å²) in [7, 11) is 0. The van der Waals surface area contributed by atoms with E-state index in [1.807, 2.05) is 11.3 Å². The van der Waals surface area contributed by atoms with Crippen molar-refractivity contribution < 1.29 is 0 Å². The lowest BCUT2D eigenvalue weighted by atomic mass is 9.76. The standard InChI is InChI=1S/C14H23NS/c1-3-15-9-12-6-4-5-7-14(12)13-8-11(2)16-10-13/h8,10,12,14-15H,3-7,9H2,1-2H3. The molecule has 1 saturated carbocycles. The summed E-state index contributed by atoms with van der Waals surface area (Å²) >= 11 is 1.90. The Morgan fingerprint density at radius 1 is 1.38 bits per heavy atom. The van der Waals surface area contributed by atoms with Gasteiger partial charge in [0.25, 0.3) is 0 Å². The van der Waals surface area contributed by atoms with E-state index in [-0.39, 0.29) is 0 Å². The zero-order chi connectivity index (χ0) is 11.4. The fraction of sp³-hybridized carbons (Fsp3) is 0.714.